The average molecular weight is 285 g/mol. The van der Waals surface area contributed by atoms with Crippen LogP contribution >= 0.6 is 0 Å². The Balaban J connectivity index is 1.98. The van der Waals surface area contributed by atoms with Gasteiger partial charge >= 0.3 is 0 Å². The summed E-state index contributed by atoms with van der Waals surface area (Å²) in [5.41, 5.74) is 4.43. The van der Waals surface area contributed by atoms with Crippen LogP contribution < -0.4 is 10.1 Å². The van der Waals surface area contributed by atoms with Crippen molar-refractivity contribution in [2.45, 2.75) is 32.4 Å². The lowest BCUT2D eigenvalue weighted by Crippen LogP contribution is -2.27. The van der Waals surface area contributed by atoms with Gasteiger partial charge in [-0.1, -0.05) is 23.8 Å². The molecule has 2 aromatic carbocycles. The fourth-order valence-electron chi connectivity index (χ4n) is 3.05. The highest BCUT2D eigenvalue weighted by atomic mass is 19.1. The molecule has 2 nitrogen and oxygen atoms in total. The predicted octanol–water partition coefficient (Wildman–Crippen LogP) is 4.23. The molecule has 0 amide bonds. The van der Waals surface area contributed by atoms with Crippen LogP contribution in [-0.2, 0) is 0 Å². The number of hydrogen-bond acceptors (Lipinski definition) is 2. The highest BCUT2D eigenvalue weighted by Gasteiger charge is 2.29. The molecule has 0 radical (unpaired) electrons. The summed E-state index contributed by atoms with van der Waals surface area (Å²) in [5.74, 6) is 0.716. The van der Waals surface area contributed by atoms with Crippen molar-refractivity contribution < 1.29 is 9.13 Å². The topological polar surface area (TPSA) is 21.3 Å². The number of ether oxygens (including phenoxy) is 1. The van der Waals surface area contributed by atoms with E-state index in [2.05, 4.69) is 24.4 Å². The Morgan fingerprint density at radius 3 is 2.62 bits per heavy atom. The van der Waals surface area contributed by atoms with Crippen LogP contribution in [0.15, 0.2) is 36.4 Å². The first kappa shape index (κ1) is 14.1. The van der Waals surface area contributed by atoms with Crippen molar-refractivity contribution in [2.24, 2.45) is 0 Å². The lowest BCUT2D eigenvalue weighted by molar-refractivity contribution is 0.153. The largest absolute Gasteiger partial charge is 0.485 e. The second-order valence-corrected chi connectivity index (χ2v) is 5.73. The second kappa shape index (κ2) is 5.49. The lowest BCUT2D eigenvalue weighted by atomic mass is 9.90. The van der Waals surface area contributed by atoms with Gasteiger partial charge < -0.3 is 10.1 Å². The van der Waals surface area contributed by atoms with Gasteiger partial charge in [0.05, 0.1) is 0 Å². The Morgan fingerprint density at radius 2 is 1.90 bits per heavy atom. The third-order valence-corrected chi connectivity index (χ3v) is 4.19. The Bertz CT molecular complexity index is 668. The first-order valence-electron chi connectivity index (χ1n) is 7.29. The van der Waals surface area contributed by atoms with E-state index in [0.29, 0.717) is 0 Å². The molecule has 2 aromatic rings. The van der Waals surface area contributed by atoms with E-state index in [0.717, 1.165) is 23.3 Å². The van der Waals surface area contributed by atoms with Crippen molar-refractivity contribution >= 4 is 0 Å². The maximum Gasteiger partial charge on any atom is 0.126 e. The Labute approximate surface area is 125 Å². The van der Waals surface area contributed by atoms with Crippen molar-refractivity contribution in [1.82, 2.24) is 5.32 Å². The highest BCUT2D eigenvalue weighted by molar-refractivity contribution is 5.42. The molecule has 1 heterocycles. The molecular weight excluding hydrogens is 265 g/mol. The van der Waals surface area contributed by atoms with Gasteiger partial charge in [-0.05, 0) is 50.2 Å². The zero-order chi connectivity index (χ0) is 15.0. The van der Waals surface area contributed by atoms with Gasteiger partial charge in [0.2, 0.25) is 0 Å². The summed E-state index contributed by atoms with van der Waals surface area (Å²) >= 11 is 0. The molecule has 0 saturated carbocycles. The number of halogens is 1. The Hall–Kier alpha value is -1.87. The summed E-state index contributed by atoms with van der Waals surface area (Å²) in [7, 11) is 1.97. The molecule has 0 bridgehead atoms. The minimum Gasteiger partial charge on any atom is -0.485 e. The summed E-state index contributed by atoms with van der Waals surface area (Å²) < 4.78 is 19.5. The number of hydrogen-bond donors (Lipinski definition) is 1. The predicted molar refractivity (Wildman–Crippen MR) is 82.1 cm³/mol. The molecule has 3 rings (SSSR count). The van der Waals surface area contributed by atoms with E-state index in [4.69, 9.17) is 4.74 Å². The van der Waals surface area contributed by atoms with E-state index in [9.17, 15) is 4.39 Å². The van der Waals surface area contributed by atoms with Gasteiger partial charge in [-0.25, -0.2) is 4.39 Å². The summed E-state index contributed by atoms with van der Waals surface area (Å²) in [4.78, 5) is 0. The molecule has 0 aromatic heterocycles. The van der Waals surface area contributed by atoms with Gasteiger partial charge in [-0.2, -0.15) is 0 Å². The fraction of sp³-hybridized carbons (Fsp3) is 0.333. The van der Waals surface area contributed by atoms with Crippen LogP contribution in [0.2, 0.25) is 0 Å². The molecule has 2 atom stereocenters. The monoisotopic (exact) mass is 285 g/mol. The van der Waals surface area contributed by atoms with Gasteiger partial charge in [-0.3, -0.25) is 0 Å². The molecule has 0 spiro atoms. The van der Waals surface area contributed by atoms with Crippen molar-refractivity contribution in [1.29, 1.82) is 0 Å². The number of benzene rings is 2. The number of nitrogens with one attached hydrogen (secondary N) is 1. The third-order valence-electron chi connectivity index (χ3n) is 4.19. The number of fused-ring (bicyclic) bond motifs is 1. The smallest absolute Gasteiger partial charge is 0.126 e. The molecule has 1 aliphatic rings. The van der Waals surface area contributed by atoms with E-state index < -0.39 is 0 Å². The Morgan fingerprint density at radius 1 is 1.10 bits per heavy atom. The molecule has 1 N–H and O–H groups in total. The van der Waals surface area contributed by atoms with Crippen molar-refractivity contribution in [2.75, 3.05) is 7.05 Å². The van der Waals surface area contributed by atoms with Crippen LogP contribution in [0, 0.1) is 19.7 Å². The lowest BCUT2D eigenvalue weighted by Gasteiger charge is -2.33. The van der Waals surface area contributed by atoms with E-state index in [1.165, 1.54) is 17.2 Å². The van der Waals surface area contributed by atoms with Crippen molar-refractivity contribution in [3.63, 3.8) is 0 Å². The first-order chi connectivity index (χ1) is 10.1. The van der Waals surface area contributed by atoms with Gasteiger partial charge in [0.15, 0.2) is 0 Å². The summed E-state index contributed by atoms with van der Waals surface area (Å²) in [6.45, 7) is 4.02. The second-order valence-electron chi connectivity index (χ2n) is 5.73. The standard InChI is InChI=1S/C18H20FNO/c1-11-4-7-17-15(8-11)16(20-3)10-18(21-17)14-6-5-13(19)9-12(14)2/h4-9,16,18,20H,10H2,1-3H3. The summed E-state index contributed by atoms with van der Waals surface area (Å²) in [6, 6.07) is 11.4. The van der Waals surface area contributed by atoms with E-state index in [1.807, 2.05) is 26.1 Å². The van der Waals surface area contributed by atoms with E-state index in [1.54, 1.807) is 6.07 Å². The van der Waals surface area contributed by atoms with Crippen LogP contribution in [0.25, 0.3) is 0 Å². The van der Waals surface area contributed by atoms with E-state index in [-0.39, 0.29) is 18.0 Å². The van der Waals surface area contributed by atoms with Crippen LogP contribution in [0.1, 0.15) is 40.8 Å². The average Bonchev–Trinajstić information content (AvgIpc) is 2.46. The molecule has 0 fully saturated rings. The van der Waals surface area contributed by atoms with Crippen LogP contribution in [-0.4, -0.2) is 7.05 Å². The number of rotatable bonds is 2. The number of aryl methyl sites for hydroxylation is 2. The molecular formula is C18H20FNO. The molecule has 21 heavy (non-hydrogen) atoms. The normalized spacial score (nSPS) is 20.8. The van der Waals surface area contributed by atoms with Crippen molar-refractivity contribution in [3.05, 3.63) is 64.5 Å². The zero-order valence-electron chi connectivity index (χ0n) is 12.6. The fourth-order valence-corrected chi connectivity index (χ4v) is 3.05. The Kier molecular flexibility index (Phi) is 3.68. The molecule has 0 saturated heterocycles. The quantitative estimate of drug-likeness (QED) is 0.891. The molecule has 2 unspecified atom stereocenters. The zero-order valence-corrected chi connectivity index (χ0v) is 12.6. The van der Waals surface area contributed by atoms with Gasteiger partial charge in [0, 0.05) is 18.0 Å². The van der Waals surface area contributed by atoms with Crippen LogP contribution in [0.5, 0.6) is 5.75 Å². The minimum absolute atomic E-state index is 0.0433. The summed E-state index contributed by atoms with van der Waals surface area (Å²) in [6.07, 6.45) is 0.803. The van der Waals surface area contributed by atoms with Gasteiger partial charge in [0.25, 0.3) is 0 Å². The SMILES string of the molecule is CNC1CC(c2ccc(F)cc2C)Oc2ccc(C)cc21. The third kappa shape index (κ3) is 2.66. The molecule has 1 aliphatic heterocycles. The molecule has 3 heteroatoms. The maximum absolute atomic E-state index is 13.3. The molecule has 110 valence electrons. The van der Waals surface area contributed by atoms with Crippen molar-refractivity contribution in [3.8, 4) is 5.75 Å². The van der Waals surface area contributed by atoms with Gasteiger partial charge in [0.1, 0.15) is 17.7 Å². The van der Waals surface area contributed by atoms with E-state index >= 15 is 0 Å². The highest BCUT2D eigenvalue weighted by Crippen LogP contribution is 2.41. The maximum atomic E-state index is 13.3. The summed E-state index contributed by atoms with van der Waals surface area (Å²) in [5, 5.41) is 3.36. The first-order valence-corrected chi connectivity index (χ1v) is 7.29. The van der Waals surface area contributed by atoms with Crippen LogP contribution in [0.4, 0.5) is 4.39 Å². The molecule has 0 aliphatic carbocycles. The minimum atomic E-state index is -0.201. The van der Waals surface area contributed by atoms with Gasteiger partial charge in [-0.15, -0.1) is 0 Å². The van der Waals surface area contributed by atoms with Crippen LogP contribution in [0.3, 0.4) is 0 Å².